The van der Waals surface area contributed by atoms with Crippen LogP contribution in [0, 0.1) is 0 Å². The van der Waals surface area contributed by atoms with Crippen molar-refractivity contribution in [3.05, 3.63) is 11.6 Å². The van der Waals surface area contributed by atoms with E-state index >= 15 is 0 Å². The highest BCUT2D eigenvalue weighted by Crippen LogP contribution is 2.21. The number of aliphatic imine (C=N–C) groups is 1. The molecular formula is C26H49NO. The monoisotopic (exact) mass is 391 g/mol. The van der Waals surface area contributed by atoms with Gasteiger partial charge in [-0.2, -0.15) is 0 Å². The maximum absolute atomic E-state index is 10.5. The molecule has 2 nitrogen and oxygen atoms in total. The molecule has 0 bridgehead atoms. The fourth-order valence-electron chi connectivity index (χ4n) is 4.36. The zero-order valence-corrected chi connectivity index (χ0v) is 19.1. The molecule has 0 spiro atoms. The molecule has 164 valence electrons. The molecule has 0 saturated heterocycles. The number of nitrogens with zero attached hydrogens (tertiary/aromatic N) is 1. The third-order valence-electron chi connectivity index (χ3n) is 6.32. The Labute approximate surface area is 176 Å². The van der Waals surface area contributed by atoms with Crippen LogP contribution in [-0.4, -0.2) is 23.5 Å². The molecule has 0 aromatic carbocycles. The maximum atomic E-state index is 10.5. The number of rotatable bonds is 18. The van der Waals surface area contributed by atoms with E-state index < -0.39 is 0 Å². The number of hydrogen-bond donors (Lipinski definition) is 1. The molecule has 1 aliphatic rings. The van der Waals surface area contributed by atoms with Crippen molar-refractivity contribution in [1.29, 1.82) is 0 Å². The van der Waals surface area contributed by atoms with E-state index in [-0.39, 0.29) is 6.10 Å². The fraction of sp³-hybridized carbons (Fsp3) is 0.885. The van der Waals surface area contributed by atoms with Gasteiger partial charge in [0.15, 0.2) is 0 Å². The van der Waals surface area contributed by atoms with Crippen molar-refractivity contribution in [2.24, 2.45) is 4.99 Å². The molecule has 0 amide bonds. The Morgan fingerprint density at radius 2 is 1.50 bits per heavy atom. The van der Waals surface area contributed by atoms with Gasteiger partial charge in [-0.15, -0.1) is 0 Å². The molecule has 1 N–H and O–H groups in total. The van der Waals surface area contributed by atoms with Crippen molar-refractivity contribution in [2.45, 2.75) is 148 Å². The standard InChI is InChI=1S/C26H49NO/c1-3-5-6-7-8-9-12-15-22-26(28)24(4-2)19-14-11-10-13-18-23-27-25-20-16-17-21-25/h4,23,25-26,28H,3,5-22H2,1-2H3/b24-4-,27-23?. The van der Waals surface area contributed by atoms with Gasteiger partial charge in [0.1, 0.15) is 0 Å². The minimum Gasteiger partial charge on any atom is -0.389 e. The van der Waals surface area contributed by atoms with Crippen molar-refractivity contribution in [3.63, 3.8) is 0 Å². The SMILES string of the molecule is C/C=C(/CCCCCCC=NC1CCCC1)C(O)CCCCCCCCCC. The summed E-state index contributed by atoms with van der Waals surface area (Å²) in [5.41, 5.74) is 1.27. The number of unbranched alkanes of at least 4 members (excludes halogenated alkanes) is 11. The van der Waals surface area contributed by atoms with E-state index in [1.54, 1.807) is 0 Å². The zero-order chi connectivity index (χ0) is 20.3. The summed E-state index contributed by atoms with van der Waals surface area (Å²) < 4.78 is 0. The third kappa shape index (κ3) is 13.5. The summed E-state index contributed by atoms with van der Waals surface area (Å²) >= 11 is 0. The molecule has 0 aromatic heterocycles. The van der Waals surface area contributed by atoms with Crippen LogP contribution in [-0.2, 0) is 0 Å². The largest absolute Gasteiger partial charge is 0.389 e. The van der Waals surface area contributed by atoms with Crippen LogP contribution >= 0.6 is 0 Å². The Kier molecular flexibility index (Phi) is 16.7. The number of hydrogen-bond acceptors (Lipinski definition) is 2. The predicted octanol–water partition coefficient (Wildman–Crippen LogP) is 8.18. The highest BCUT2D eigenvalue weighted by Gasteiger charge is 2.12. The Morgan fingerprint density at radius 3 is 2.18 bits per heavy atom. The minimum absolute atomic E-state index is 0.205. The van der Waals surface area contributed by atoms with Gasteiger partial charge in [0.2, 0.25) is 0 Å². The average Bonchev–Trinajstić information content (AvgIpc) is 3.22. The summed E-state index contributed by atoms with van der Waals surface area (Å²) in [5.74, 6) is 0. The molecule has 1 aliphatic carbocycles. The summed E-state index contributed by atoms with van der Waals surface area (Å²) in [6.07, 6.45) is 28.4. The minimum atomic E-state index is -0.205. The smallest absolute Gasteiger partial charge is 0.0750 e. The molecule has 1 fully saturated rings. The van der Waals surface area contributed by atoms with E-state index in [4.69, 9.17) is 4.99 Å². The molecular weight excluding hydrogens is 342 g/mol. The van der Waals surface area contributed by atoms with Crippen molar-refractivity contribution in [2.75, 3.05) is 0 Å². The molecule has 1 unspecified atom stereocenters. The van der Waals surface area contributed by atoms with Gasteiger partial charge in [0.05, 0.1) is 6.10 Å². The molecule has 1 atom stereocenters. The molecule has 28 heavy (non-hydrogen) atoms. The van der Waals surface area contributed by atoms with E-state index in [1.165, 1.54) is 108 Å². The van der Waals surface area contributed by atoms with Gasteiger partial charge in [0.25, 0.3) is 0 Å². The topological polar surface area (TPSA) is 32.6 Å². The van der Waals surface area contributed by atoms with Gasteiger partial charge in [-0.05, 0) is 63.7 Å². The predicted molar refractivity (Wildman–Crippen MR) is 125 cm³/mol. The Hall–Kier alpha value is -0.630. The first kappa shape index (κ1) is 25.4. The summed E-state index contributed by atoms with van der Waals surface area (Å²) in [6, 6.07) is 0.639. The first-order valence-corrected chi connectivity index (χ1v) is 12.6. The van der Waals surface area contributed by atoms with Gasteiger partial charge in [-0.25, -0.2) is 0 Å². The van der Waals surface area contributed by atoms with Gasteiger partial charge in [0, 0.05) is 6.04 Å². The lowest BCUT2D eigenvalue weighted by molar-refractivity contribution is 0.191. The van der Waals surface area contributed by atoms with Gasteiger partial charge in [-0.1, -0.05) is 90.0 Å². The lowest BCUT2D eigenvalue weighted by Gasteiger charge is -2.15. The highest BCUT2D eigenvalue weighted by molar-refractivity contribution is 5.57. The van der Waals surface area contributed by atoms with E-state index in [2.05, 4.69) is 26.1 Å². The Balaban J connectivity index is 1.95. The molecule has 1 rings (SSSR count). The Morgan fingerprint density at radius 1 is 0.893 bits per heavy atom. The molecule has 0 aromatic rings. The Bertz CT molecular complexity index is 395. The van der Waals surface area contributed by atoms with Crippen molar-refractivity contribution >= 4 is 6.21 Å². The van der Waals surface area contributed by atoms with Crippen molar-refractivity contribution in [3.8, 4) is 0 Å². The first-order chi connectivity index (χ1) is 13.8. The second-order valence-electron chi connectivity index (χ2n) is 8.87. The first-order valence-electron chi connectivity index (χ1n) is 12.6. The molecule has 0 heterocycles. The van der Waals surface area contributed by atoms with Gasteiger partial charge < -0.3 is 5.11 Å². The summed E-state index contributed by atoms with van der Waals surface area (Å²) in [6.45, 7) is 4.36. The van der Waals surface area contributed by atoms with Gasteiger partial charge in [-0.3, -0.25) is 4.99 Å². The zero-order valence-electron chi connectivity index (χ0n) is 19.1. The van der Waals surface area contributed by atoms with Crippen LogP contribution in [0.5, 0.6) is 0 Å². The molecule has 1 saturated carbocycles. The van der Waals surface area contributed by atoms with Crippen LogP contribution in [0.3, 0.4) is 0 Å². The third-order valence-corrected chi connectivity index (χ3v) is 6.32. The summed E-state index contributed by atoms with van der Waals surface area (Å²) in [5, 5.41) is 10.5. The van der Waals surface area contributed by atoms with Crippen molar-refractivity contribution < 1.29 is 5.11 Å². The molecule has 0 radical (unpaired) electrons. The number of aliphatic hydroxyl groups is 1. The quantitative estimate of drug-likeness (QED) is 0.143. The fourth-order valence-corrected chi connectivity index (χ4v) is 4.36. The second-order valence-corrected chi connectivity index (χ2v) is 8.87. The van der Waals surface area contributed by atoms with Crippen LogP contribution in [0.25, 0.3) is 0 Å². The van der Waals surface area contributed by atoms with E-state index in [0.29, 0.717) is 6.04 Å². The number of allylic oxidation sites excluding steroid dienone is 1. The normalized spacial score (nSPS) is 17.0. The van der Waals surface area contributed by atoms with Crippen LogP contribution in [0.15, 0.2) is 16.6 Å². The second kappa shape index (κ2) is 18.4. The van der Waals surface area contributed by atoms with Crippen LogP contribution in [0.1, 0.15) is 136 Å². The van der Waals surface area contributed by atoms with Crippen LogP contribution < -0.4 is 0 Å². The summed E-state index contributed by atoms with van der Waals surface area (Å²) in [4.78, 5) is 4.70. The van der Waals surface area contributed by atoms with E-state index in [0.717, 1.165) is 19.3 Å². The maximum Gasteiger partial charge on any atom is 0.0750 e. The highest BCUT2D eigenvalue weighted by atomic mass is 16.3. The lowest BCUT2D eigenvalue weighted by Crippen LogP contribution is -2.10. The lowest BCUT2D eigenvalue weighted by atomic mass is 9.97. The average molecular weight is 392 g/mol. The van der Waals surface area contributed by atoms with Crippen molar-refractivity contribution in [1.82, 2.24) is 0 Å². The van der Waals surface area contributed by atoms with Gasteiger partial charge >= 0.3 is 0 Å². The summed E-state index contributed by atoms with van der Waals surface area (Å²) in [7, 11) is 0. The molecule has 0 aliphatic heterocycles. The van der Waals surface area contributed by atoms with E-state index in [9.17, 15) is 5.11 Å². The van der Waals surface area contributed by atoms with Crippen LogP contribution in [0.4, 0.5) is 0 Å². The van der Waals surface area contributed by atoms with E-state index in [1.807, 2.05) is 0 Å². The van der Waals surface area contributed by atoms with Crippen LogP contribution in [0.2, 0.25) is 0 Å². The number of aliphatic hydroxyl groups excluding tert-OH is 1. The molecule has 2 heteroatoms.